The molecule has 0 aromatic heterocycles. The first-order chi connectivity index (χ1) is 9.81. The maximum atomic E-state index is 11.9. The van der Waals surface area contributed by atoms with Crippen LogP contribution in [0.2, 0.25) is 0 Å². The van der Waals surface area contributed by atoms with Crippen molar-refractivity contribution in [3.63, 3.8) is 0 Å². The Kier molecular flexibility index (Phi) is 9.32. The third-order valence-electron chi connectivity index (χ3n) is 2.56. The second-order valence-corrected chi connectivity index (χ2v) is 5.87. The molecule has 0 heterocycles. The number of ether oxygens (including phenoxy) is 1. The molecule has 8 heteroatoms. The summed E-state index contributed by atoms with van der Waals surface area (Å²) in [7, 11) is 0. The van der Waals surface area contributed by atoms with Crippen LogP contribution >= 0.6 is 11.8 Å². The molecule has 7 nitrogen and oxygen atoms in total. The SMILES string of the molecule is CS[C@@H](C)C(=O)N[C@@H](CCC(=O)C=[N+]=N)C(=O)OC(C)C. The molecule has 0 saturated carbocycles. The fraction of sp³-hybridized carbons (Fsp3) is 0.692. The fourth-order valence-corrected chi connectivity index (χ4v) is 1.66. The van der Waals surface area contributed by atoms with Gasteiger partial charge in [-0.3, -0.25) is 9.59 Å². The molecule has 0 unspecified atom stereocenters. The summed E-state index contributed by atoms with van der Waals surface area (Å²) in [4.78, 5) is 38.0. The number of nitrogens with zero attached hydrogens (tertiary/aromatic N) is 1. The van der Waals surface area contributed by atoms with Crippen molar-refractivity contribution in [2.75, 3.05) is 6.26 Å². The molecule has 0 aromatic rings. The van der Waals surface area contributed by atoms with E-state index < -0.39 is 12.0 Å². The fourth-order valence-electron chi connectivity index (χ4n) is 1.38. The Bertz CT molecular complexity index is 433. The highest BCUT2D eigenvalue weighted by atomic mass is 32.2. The molecule has 1 amide bonds. The summed E-state index contributed by atoms with van der Waals surface area (Å²) >= 11 is 1.36. The van der Waals surface area contributed by atoms with E-state index in [-0.39, 0.29) is 35.9 Å². The van der Waals surface area contributed by atoms with Gasteiger partial charge in [0.15, 0.2) is 0 Å². The van der Waals surface area contributed by atoms with E-state index in [2.05, 4.69) is 10.1 Å². The minimum Gasteiger partial charge on any atom is -0.461 e. The van der Waals surface area contributed by atoms with Crippen LogP contribution in [0.3, 0.4) is 0 Å². The molecule has 0 aliphatic carbocycles. The summed E-state index contributed by atoms with van der Waals surface area (Å²) in [5.41, 5.74) is 6.57. The number of rotatable bonds is 9. The van der Waals surface area contributed by atoms with Gasteiger partial charge in [-0.25, -0.2) is 4.79 Å². The summed E-state index contributed by atoms with van der Waals surface area (Å²) in [6.45, 7) is 5.14. The van der Waals surface area contributed by atoms with E-state index in [0.717, 1.165) is 6.21 Å². The van der Waals surface area contributed by atoms with Gasteiger partial charge in [0, 0.05) is 6.42 Å². The summed E-state index contributed by atoms with van der Waals surface area (Å²) in [6, 6.07) is -0.877. The van der Waals surface area contributed by atoms with Crippen LogP contribution in [0, 0.1) is 5.53 Å². The van der Waals surface area contributed by atoms with Crippen LogP contribution in [-0.2, 0) is 19.1 Å². The zero-order valence-corrected chi connectivity index (χ0v) is 13.5. The number of hydrogen-bond donors (Lipinski definition) is 2. The summed E-state index contributed by atoms with van der Waals surface area (Å²) in [6.07, 6.45) is 2.48. The van der Waals surface area contributed by atoms with Crippen molar-refractivity contribution >= 4 is 35.6 Å². The highest BCUT2D eigenvalue weighted by Gasteiger charge is 2.26. The van der Waals surface area contributed by atoms with Crippen LogP contribution in [0.5, 0.6) is 0 Å². The van der Waals surface area contributed by atoms with Gasteiger partial charge < -0.3 is 10.1 Å². The molecule has 21 heavy (non-hydrogen) atoms. The lowest BCUT2D eigenvalue weighted by Crippen LogP contribution is -2.45. The van der Waals surface area contributed by atoms with Gasteiger partial charge >= 0.3 is 12.2 Å². The third kappa shape index (κ3) is 8.27. The Labute approximate surface area is 128 Å². The lowest BCUT2D eigenvalue weighted by atomic mass is 10.1. The Morgan fingerprint density at radius 2 is 1.95 bits per heavy atom. The van der Waals surface area contributed by atoms with Crippen molar-refractivity contribution in [1.82, 2.24) is 5.32 Å². The molecule has 118 valence electrons. The number of thioether (sulfide) groups is 1. The van der Waals surface area contributed by atoms with E-state index in [1.54, 1.807) is 27.0 Å². The number of carbonyl (C=O) groups is 3. The minimum absolute atomic E-state index is 0.00811. The molecule has 0 saturated heterocycles. The van der Waals surface area contributed by atoms with E-state index in [1.807, 2.05) is 0 Å². The molecule has 0 radical (unpaired) electrons. The molecule has 0 spiro atoms. The number of nitrogens with one attached hydrogen (secondary N) is 2. The Hall–Kier alpha value is -1.66. The highest BCUT2D eigenvalue weighted by molar-refractivity contribution is 7.99. The topological polar surface area (TPSA) is 110 Å². The first-order valence-corrected chi connectivity index (χ1v) is 7.86. The van der Waals surface area contributed by atoms with E-state index in [9.17, 15) is 14.4 Å². The number of amides is 1. The van der Waals surface area contributed by atoms with Crippen molar-refractivity contribution in [3.8, 4) is 0 Å². The first kappa shape index (κ1) is 19.3. The predicted octanol–water partition coefficient (Wildman–Crippen LogP) is 0.834. The molecule has 2 N–H and O–H groups in total. The van der Waals surface area contributed by atoms with Gasteiger partial charge in [0.1, 0.15) is 6.04 Å². The molecule has 0 rings (SSSR count). The molecule has 0 aliphatic heterocycles. The van der Waals surface area contributed by atoms with E-state index in [4.69, 9.17) is 10.3 Å². The van der Waals surface area contributed by atoms with Crippen molar-refractivity contribution in [2.45, 2.75) is 51.0 Å². The molecular formula is C13H22N3O4S+. The quantitative estimate of drug-likeness (QED) is 0.283. The maximum Gasteiger partial charge on any atom is 0.372 e. The molecule has 0 aliphatic rings. The van der Waals surface area contributed by atoms with Crippen LogP contribution in [0.4, 0.5) is 0 Å². The van der Waals surface area contributed by atoms with Crippen molar-refractivity contribution < 1.29 is 23.9 Å². The average molecular weight is 316 g/mol. The van der Waals surface area contributed by atoms with E-state index >= 15 is 0 Å². The van der Waals surface area contributed by atoms with Crippen LogP contribution in [0.1, 0.15) is 33.6 Å². The minimum atomic E-state index is -0.877. The normalized spacial score (nSPS) is 13.0. The standard InChI is InChI=1S/C13H21N3O4S/c1-8(2)20-13(19)11(6-5-10(17)7-15-14)16-12(18)9(3)21-4/h7-9,11,14H,5-6H2,1-4H3/p+1/t9-,11-/m0/s1. The van der Waals surface area contributed by atoms with E-state index in [1.165, 1.54) is 11.8 Å². The van der Waals surface area contributed by atoms with Crippen LogP contribution in [-0.4, -0.2) is 52.3 Å². The van der Waals surface area contributed by atoms with Gasteiger partial charge in [-0.2, -0.15) is 11.8 Å². The summed E-state index contributed by atoms with van der Waals surface area (Å²) in [5.74, 6) is -1.23. The van der Waals surface area contributed by atoms with Crippen LogP contribution < -0.4 is 5.32 Å². The number of ketones is 1. The smallest absolute Gasteiger partial charge is 0.372 e. The Morgan fingerprint density at radius 3 is 2.43 bits per heavy atom. The van der Waals surface area contributed by atoms with Crippen LogP contribution in [0.25, 0.3) is 0 Å². The summed E-state index contributed by atoms with van der Waals surface area (Å²) < 4.78 is 5.08. The zero-order valence-electron chi connectivity index (χ0n) is 12.7. The third-order valence-corrected chi connectivity index (χ3v) is 3.48. The van der Waals surface area contributed by atoms with Crippen molar-refractivity contribution in [1.29, 1.82) is 5.53 Å². The Balaban J connectivity index is 4.75. The van der Waals surface area contributed by atoms with Gasteiger partial charge in [0.05, 0.1) is 21.7 Å². The predicted molar refractivity (Wildman–Crippen MR) is 79.4 cm³/mol. The Morgan fingerprint density at radius 1 is 1.33 bits per heavy atom. The number of carbonyl (C=O) groups excluding carboxylic acids is 3. The second-order valence-electron chi connectivity index (χ2n) is 4.69. The van der Waals surface area contributed by atoms with Gasteiger partial charge in [-0.1, -0.05) is 0 Å². The van der Waals surface area contributed by atoms with Crippen LogP contribution in [0.15, 0.2) is 0 Å². The average Bonchev–Trinajstić information content (AvgIpc) is 2.41. The number of esters is 1. The number of Topliss-reactive ketones (excluding diaryl/α,β-unsaturated/α-hetero) is 1. The van der Waals surface area contributed by atoms with Gasteiger partial charge in [0.25, 0.3) is 0 Å². The van der Waals surface area contributed by atoms with Crippen molar-refractivity contribution in [3.05, 3.63) is 0 Å². The van der Waals surface area contributed by atoms with Gasteiger partial charge in [-0.05, 0) is 33.4 Å². The molecule has 0 aromatic carbocycles. The zero-order chi connectivity index (χ0) is 16.4. The van der Waals surface area contributed by atoms with Crippen molar-refractivity contribution in [2.24, 2.45) is 0 Å². The molecule has 0 fully saturated rings. The van der Waals surface area contributed by atoms with Gasteiger partial charge in [-0.15, -0.1) is 0 Å². The van der Waals surface area contributed by atoms with Gasteiger partial charge in [0.2, 0.25) is 11.7 Å². The molecular weight excluding hydrogens is 294 g/mol. The second kappa shape index (κ2) is 10.1. The largest absolute Gasteiger partial charge is 0.461 e. The number of hydrogen-bond acceptors (Lipinski definition) is 6. The van der Waals surface area contributed by atoms with E-state index in [0.29, 0.717) is 0 Å². The molecule has 0 bridgehead atoms. The lowest BCUT2D eigenvalue weighted by molar-refractivity contribution is -0.151. The molecule has 2 atom stereocenters. The highest BCUT2D eigenvalue weighted by Crippen LogP contribution is 2.08. The first-order valence-electron chi connectivity index (χ1n) is 6.58. The maximum absolute atomic E-state index is 11.9. The lowest BCUT2D eigenvalue weighted by Gasteiger charge is -2.20. The monoisotopic (exact) mass is 316 g/mol. The summed E-state index contributed by atoms with van der Waals surface area (Å²) in [5, 5.41) is 2.29.